The fourth-order valence-electron chi connectivity index (χ4n) is 5.45. The molecule has 2 aromatic rings. The zero-order chi connectivity index (χ0) is 23.3. The molecule has 3 aliphatic rings. The third-order valence-corrected chi connectivity index (χ3v) is 7.35. The van der Waals surface area contributed by atoms with Crippen molar-refractivity contribution in [2.45, 2.75) is 52.2 Å². The van der Waals surface area contributed by atoms with E-state index in [4.69, 9.17) is 0 Å². The Bertz CT molecular complexity index is 1050. The van der Waals surface area contributed by atoms with E-state index in [1.807, 2.05) is 31.2 Å². The maximum absolute atomic E-state index is 13.7. The van der Waals surface area contributed by atoms with Crippen LogP contribution in [0.15, 0.2) is 48.5 Å². The number of aryl methyl sites for hydroxylation is 2. The molecule has 4 atom stereocenters. The number of carbonyl (C=O) groups excluding carboxylic acids is 2. The molecule has 3 saturated heterocycles. The number of nitrogens with one attached hydrogen (secondary N) is 1. The topological polar surface area (TPSA) is 59.1 Å². The highest BCUT2D eigenvalue weighted by atomic mass is 16.2. The lowest BCUT2D eigenvalue weighted by molar-refractivity contribution is -0.139. The van der Waals surface area contributed by atoms with Gasteiger partial charge in [-0.25, -0.2) is 4.79 Å². The predicted octanol–water partition coefficient (Wildman–Crippen LogP) is 2.99. The van der Waals surface area contributed by atoms with Crippen molar-refractivity contribution < 1.29 is 9.59 Å². The summed E-state index contributed by atoms with van der Waals surface area (Å²) in [4.78, 5) is 34.7. The van der Waals surface area contributed by atoms with E-state index in [-0.39, 0.29) is 24.4 Å². The number of amides is 3. The molecule has 0 radical (unpaired) electrons. The molecule has 3 fully saturated rings. The molecule has 0 aromatic heterocycles. The molecule has 174 valence electrons. The summed E-state index contributed by atoms with van der Waals surface area (Å²) < 4.78 is 0. The molecule has 7 nitrogen and oxygen atoms in total. The Balaban J connectivity index is 1.45. The Morgan fingerprint density at radius 1 is 1.03 bits per heavy atom. The highest BCUT2D eigenvalue weighted by Gasteiger charge is 2.56. The average molecular weight is 448 g/mol. The summed E-state index contributed by atoms with van der Waals surface area (Å²) in [6, 6.07) is 16.0. The molecule has 33 heavy (non-hydrogen) atoms. The third kappa shape index (κ3) is 3.69. The monoisotopic (exact) mass is 447 g/mol. The summed E-state index contributed by atoms with van der Waals surface area (Å²) in [6.45, 7) is 8.41. The number of likely N-dealkylation sites (N-methyl/N-ethyl adjacent to an activating group) is 1. The van der Waals surface area contributed by atoms with Crippen LogP contribution in [0.2, 0.25) is 0 Å². The third-order valence-electron chi connectivity index (χ3n) is 7.35. The van der Waals surface area contributed by atoms with Crippen LogP contribution in [-0.2, 0) is 17.8 Å². The minimum Gasteiger partial charge on any atom is -0.343 e. The van der Waals surface area contributed by atoms with Gasteiger partial charge in [0.15, 0.2) is 0 Å². The molecule has 2 aromatic carbocycles. The van der Waals surface area contributed by atoms with Crippen LogP contribution in [0.5, 0.6) is 0 Å². The molecule has 0 bridgehead atoms. The summed E-state index contributed by atoms with van der Waals surface area (Å²) in [7, 11) is 1.80. The molecular formula is C26H33N5O2. The predicted molar refractivity (Wildman–Crippen MR) is 128 cm³/mol. The van der Waals surface area contributed by atoms with Gasteiger partial charge < -0.3 is 9.80 Å². The van der Waals surface area contributed by atoms with Crippen molar-refractivity contribution >= 4 is 17.6 Å². The number of rotatable bonds is 4. The van der Waals surface area contributed by atoms with Crippen LogP contribution in [0.4, 0.5) is 10.5 Å². The Hall–Kier alpha value is -2.90. The lowest BCUT2D eigenvalue weighted by Gasteiger charge is -2.46. The van der Waals surface area contributed by atoms with Gasteiger partial charge in [0.25, 0.3) is 5.91 Å². The van der Waals surface area contributed by atoms with Gasteiger partial charge in [0, 0.05) is 25.8 Å². The van der Waals surface area contributed by atoms with Crippen LogP contribution in [0.1, 0.15) is 30.5 Å². The molecule has 3 aliphatic heterocycles. The fraction of sp³-hybridized carbons (Fsp3) is 0.462. The number of carbonyl (C=O) groups is 2. The number of hydrogen-bond acceptors (Lipinski definition) is 5. The molecule has 3 amide bonds. The number of fused-ring (bicyclic) bond motifs is 3. The Morgan fingerprint density at radius 2 is 1.76 bits per heavy atom. The second-order valence-corrected chi connectivity index (χ2v) is 9.65. The summed E-state index contributed by atoms with van der Waals surface area (Å²) in [5, 5.41) is 3.61. The Kier molecular flexibility index (Phi) is 5.62. The van der Waals surface area contributed by atoms with Crippen molar-refractivity contribution in [1.82, 2.24) is 20.0 Å². The Morgan fingerprint density at radius 3 is 2.45 bits per heavy atom. The molecule has 5 rings (SSSR count). The standard InChI is InChI=1S/C26H33N5O2/c1-5-19-10-12-21(13-11-19)29-14-17(2)15-30-22-23(27-25(29)30)28(4)26(33)31(24(22)32)16-20-9-7-6-8-18(20)3/h6-13,17,22-23,25,27H,5,14-16H2,1-4H3. The normalized spacial score (nSPS) is 27.7. The summed E-state index contributed by atoms with van der Waals surface area (Å²) in [5.41, 5.74) is 4.52. The van der Waals surface area contributed by atoms with Crippen LogP contribution in [0.25, 0.3) is 0 Å². The lowest BCUT2D eigenvalue weighted by atomic mass is 10.0. The van der Waals surface area contributed by atoms with E-state index < -0.39 is 6.04 Å². The van der Waals surface area contributed by atoms with E-state index in [1.54, 1.807) is 11.9 Å². The Labute approximate surface area is 195 Å². The van der Waals surface area contributed by atoms with E-state index in [0.717, 1.165) is 36.3 Å². The van der Waals surface area contributed by atoms with Crippen LogP contribution < -0.4 is 10.2 Å². The number of imide groups is 1. The van der Waals surface area contributed by atoms with Gasteiger partial charge in [-0.15, -0.1) is 0 Å². The van der Waals surface area contributed by atoms with Gasteiger partial charge in [0.2, 0.25) is 0 Å². The SMILES string of the molecule is CCc1ccc(N2CC(C)CN3C4C(=O)N(Cc5ccccc5C)C(=O)N(C)C4NC23)cc1. The molecule has 1 N–H and O–H groups in total. The highest BCUT2D eigenvalue weighted by Crippen LogP contribution is 2.35. The van der Waals surface area contributed by atoms with E-state index in [1.165, 1.54) is 10.5 Å². The maximum atomic E-state index is 13.7. The van der Waals surface area contributed by atoms with Gasteiger partial charge in [0.1, 0.15) is 18.5 Å². The van der Waals surface area contributed by atoms with Gasteiger partial charge in [0.05, 0.1) is 6.54 Å². The van der Waals surface area contributed by atoms with Crippen molar-refractivity contribution in [3.8, 4) is 0 Å². The van der Waals surface area contributed by atoms with E-state index in [9.17, 15) is 9.59 Å². The number of anilines is 1. The molecular weight excluding hydrogens is 414 g/mol. The first-order chi connectivity index (χ1) is 15.9. The fourth-order valence-corrected chi connectivity index (χ4v) is 5.45. The average Bonchev–Trinajstić information content (AvgIpc) is 3.20. The van der Waals surface area contributed by atoms with Gasteiger partial charge >= 0.3 is 6.03 Å². The van der Waals surface area contributed by atoms with Crippen molar-refractivity contribution in [3.63, 3.8) is 0 Å². The minimum atomic E-state index is -0.401. The zero-order valence-electron chi connectivity index (χ0n) is 19.9. The number of nitrogens with zero attached hydrogens (tertiary/aromatic N) is 4. The number of benzene rings is 2. The van der Waals surface area contributed by atoms with Crippen molar-refractivity contribution in [2.24, 2.45) is 5.92 Å². The van der Waals surface area contributed by atoms with Gasteiger partial charge in [-0.1, -0.05) is 50.2 Å². The smallest absolute Gasteiger partial charge is 0.328 e. The zero-order valence-corrected chi connectivity index (χ0v) is 19.9. The van der Waals surface area contributed by atoms with Crippen LogP contribution in [0.3, 0.4) is 0 Å². The van der Waals surface area contributed by atoms with Crippen LogP contribution >= 0.6 is 0 Å². The summed E-state index contributed by atoms with van der Waals surface area (Å²) in [5.74, 6) is 0.282. The second-order valence-electron chi connectivity index (χ2n) is 9.65. The van der Waals surface area contributed by atoms with Crippen molar-refractivity contribution in [2.75, 3.05) is 25.0 Å². The number of hydrogen-bond donors (Lipinski definition) is 1. The van der Waals surface area contributed by atoms with Crippen LogP contribution in [-0.4, -0.2) is 65.3 Å². The first-order valence-electron chi connectivity index (χ1n) is 11.9. The molecule has 3 heterocycles. The van der Waals surface area contributed by atoms with Gasteiger partial charge in [-0.05, 0) is 48.1 Å². The lowest BCUT2D eigenvalue weighted by Crippen LogP contribution is -2.66. The van der Waals surface area contributed by atoms with E-state index in [2.05, 4.69) is 53.2 Å². The van der Waals surface area contributed by atoms with E-state index in [0.29, 0.717) is 12.5 Å². The quantitative estimate of drug-likeness (QED) is 0.781. The van der Waals surface area contributed by atoms with E-state index >= 15 is 0 Å². The molecule has 4 unspecified atom stereocenters. The van der Waals surface area contributed by atoms with Gasteiger partial charge in [-0.2, -0.15) is 0 Å². The number of urea groups is 1. The summed E-state index contributed by atoms with van der Waals surface area (Å²) in [6.07, 6.45) is 0.541. The molecule has 0 spiro atoms. The van der Waals surface area contributed by atoms with Crippen LogP contribution in [0, 0.1) is 12.8 Å². The van der Waals surface area contributed by atoms with Crippen molar-refractivity contribution in [3.05, 3.63) is 65.2 Å². The van der Waals surface area contributed by atoms with Crippen molar-refractivity contribution in [1.29, 1.82) is 0 Å². The van der Waals surface area contributed by atoms with Gasteiger partial charge in [-0.3, -0.25) is 19.9 Å². The first-order valence-corrected chi connectivity index (χ1v) is 11.9. The second kappa shape index (κ2) is 8.47. The largest absolute Gasteiger partial charge is 0.343 e. The summed E-state index contributed by atoms with van der Waals surface area (Å²) >= 11 is 0. The molecule has 0 aliphatic carbocycles. The first kappa shape index (κ1) is 21.9. The molecule has 0 saturated carbocycles. The highest BCUT2D eigenvalue weighted by molar-refractivity contribution is 6.00. The maximum Gasteiger partial charge on any atom is 0.328 e. The minimum absolute atomic E-state index is 0.114. The molecule has 7 heteroatoms.